The van der Waals surface area contributed by atoms with E-state index in [-0.39, 0.29) is 0 Å². The van der Waals surface area contributed by atoms with E-state index in [2.05, 4.69) is 31.1 Å². The van der Waals surface area contributed by atoms with Crippen LogP contribution in [0.25, 0.3) is 0 Å². The van der Waals surface area contributed by atoms with Crippen LogP contribution in [-0.4, -0.2) is 37.6 Å². The zero-order valence-electron chi connectivity index (χ0n) is 10.8. The van der Waals surface area contributed by atoms with Crippen molar-refractivity contribution in [3.8, 4) is 0 Å². The van der Waals surface area contributed by atoms with Crippen molar-refractivity contribution in [3.63, 3.8) is 0 Å². The van der Waals surface area contributed by atoms with Gasteiger partial charge in [0.25, 0.3) is 0 Å². The molecule has 0 aromatic carbocycles. The third-order valence-corrected chi connectivity index (χ3v) is 3.68. The summed E-state index contributed by atoms with van der Waals surface area (Å²) in [6.45, 7) is 8.06. The third kappa shape index (κ3) is 5.53. The van der Waals surface area contributed by atoms with Crippen LogP contribution in [0.3, 0.4) is 0 Å². The van der Waals surface area contributed by atoms with Gasteiger partial charge in [-0.2, -0.15) is 0 Å². The number of likely N-dealkylation sites (N-methyl/N-ethyl adjacent to an activating group) is 1. The van der Waals surface area contributed by atoms with Crippen LogP contribution in [0.15, 0.2) is 0 Å². The van der Waals surface area contributed by atoms with Gasteiger partial charge < -0.3 is 10.2 Å². The van der Waals surface area contributed by atoms with E-state index >= 15 is 0 Å². The van der Waals surface area contributed by atoms with E-state index in [0.717, 1.165) is 12.5 Å². The molecule has 2 nitrogen and oxygen atoms in total. The molecule has 0 radical (unpaired) electrons. The van der Waals surface area contributed by atoms with Crippen molar-refractivity contribution < 1.29 is 0 Å². The molecule has 1 aliphatic carbocycles. The number of hydrogen-bond donors (Lipinski definition) is 1. The minimum atomic E-state index is 0.668. The van der Waals surface area contributed by atoms with E-state index in [9.17, 15) is 0 Å². The topological polar surface area (TPSA) is 15.3 Å². The lowest BCUT2D eigenvalue weighted by atomic mass is 9.89. The predicted molar refractivity (Wildman–Crippen MR) is 67.2 cm³/mol. The minimum absolute atomic E-state index is 0.668. The molecule has 0 aromatic rings. The maximum absolute atomic E-state index is 3.60. The van der Waals surface area contributed by atoms with Crippen molar-refractivity contribution in [1.82, 2.24) is 10.2 Å². The molecule has 0 amide bonds. The summed E-state index contributed by atoms with van der Waals surface area (Å²) >= 11 is 0. The highest BCUT2D eigenvalue weighted by molar-refractivity contribution is 4.68. The van der Waals surface area contributed by atoms with Gasteiger partial charge in [-0.05, 0) is 46.2 Å². The van der Waals surface area contributed by atoms with E-state index in [1.165, 1.54) is 45.2 Å². The van der Waals surface area contributed by atoms with Gasteiger partial charge >= 0.3 is 0 Å². The van der Waals surface area contributed by atoms with Crippen molar-refractivity contribution in [2.75, 3.05) is 26.7 Å². The molecule has 1 fully saturated rings. The van der Waals surface area contributed by atoms with Gasteiger partial charge in [-0.1, -0.05) is 19.3 Å². The highest BCUT2D eigenvalue weighted by atomic mass is 15.1. The van der Waals surface area contributed by atoms with Gasteiger partial charge in [0.2, 0.25) is 0 Å². The van der Waals surface area contributed by atoms with Gasteiger partial charge in [-0.25, -0.2) is 0 Å². The molecule has 0 spiro atoms. The Kier molecular flexibility index (Phi) is 6.26. The smallest absolute Gasteiger partial charge is 0.0106 e. The van der Waals surface area contributed by atoms with E-state index in [4.69, 9.17) is 0 Å². The van der Waals surface area contributed by atoms with Crippen molar-refractivity contribution in [2.45, 2.75) is 52.0 Å². The molecular weight excluding hydrogens is 184 g/mol. The number of rotatable bonds is 6. The fourth-order valence-electron chi connectivity index (χ4n) is 2.21. The van der Waals surface area contributed by atoms with Gasteiger partial charge in [0.1, 0.15) is 0 Å². The van der Waals surface area contributed by atoms with Crippen LogP contribution in [0, 0.1) is 5.92 Å². The Bertz CT molecular complexity index is 151. The van der Waals surface area contributed by atoms with Gasteiger partial charge in [-0.15, -0.1) is 0 Å². The lowest BCUT2D eigenvalue weighted by molar-refractivity contribution is 0.266. The summed E-state index contributed by atoms with van der Waals surface area (Å²) in [4.78, 5) is 2.40. The molecule has 0 aromatic heterocycles. The summed E-state index contributed by atoms with van der Waals surface area (Å²) in [5, 5.41) is 3.60. The minimum Gasteiger partial charge on any atom is -0.315 e. The molecule has 0 bridgehead atoms. The first-order valence-corrected chi connectivity index (χ1v) is 6.61. The molecule has 2 heteroatoms. The van der Waals surface area contributed by atoms with Crippen molar-refractivity contribution in [1.29, 1.82) is 0 Å². The summed E-state index contributed by atoms with van der Waals surface area (Å²) in [5.74, 6) is 0.961. The highest BCUT2D eigenvalue weighted by Gasteiger charge is 2.12. The van der Waals surface area contributed by atoms with Crippen LogP contribution in [0.5, 0.6) is 0 Å². The Balaban J connectivity index is 1.96. The van der Waals surface area contributed by atoms with E-state index in [0.29, 0.717) is 6.04 Å². The average molecular weight is 212 g/mol. The molecule has 15 heavy (non-hydrogen) atoms. The molecule has 0 heterocycles. The van der Waals surface area contributed by atoms with Crippen molar-refractivity contribution in [2.24, 2.45) is 5.92 Å². The highest BCUT2D eigenvalue weighted by Crippen LogP contribution is 2.22. The van der Waals surface area contributed by atoms with Crippen LogP contribution >= 0.6 is 0 Å². The van der Waals surface area contributed by atoms with Crippen LogP contribution in [0.2, 0.25) is 0 Å². The Morgan fingerprint density at radius 1 is 1.20 bits per heavy atom. The lowest BCUT2D eigenvalue weighted by Crippen LogP contribution is -2.35. The molecular formula is C13H28N2. The molecule has 1 rings (SSSR count). The largest absolute Gasteiger partial charge is 0.315 e. The van der Waals surface area contributed by atoms with E-state index in [1.54, 1.807) is 0 Å². The molecule has 1 saturated carbocycles. The Morgan fingerprint density at radius 2 is 1.87 bits per heavy atom. The average Bonchev–Trinajstić information content (AvgIpc) is 2.25. The number of nitrogens with zero attached hydrogens (tertiary/aromatic N) is 1. The van der Waals surface area contributed by atoms with E-state index in [1.807, 2.05) is 0 Å². The molecule has 0 unspecified atom stereocenters. The van der Waals surface area contributed by atoms with Gasteiger partial charge in [-0.3, -0.25) is 0 Å². The Morgan fingerprint density at radius 3 is 2.47 bits per heavy atom. The number of nitrogens with one attached hydrogen (secondary N) is 1. The first-order valence-electron chi connectivity index (χ1n) is 6.61. The second kappa shape index (κ2) is 7.24. The zero-order valence-corrected chi connectivity index (χ0v) is 10.8. The van der Waals surface area contributed by atoms with E-state index < -0.39 is 0 Å². The number of hydrogen-bond acceptors (Lipinski definition) is 2. The normalized spacial score (nSPS) is 19.0. The SMILES string of the molecule is CC(C)N(C)CCNCC1CCCCC1. The standard InChI is InChI=1S/C13H28N2/c1-12(2)15(3)10-9-14-11-13-7-5-4-6-8-13/h12-14H,4-11H2,1-3H3. The predicted octanol–water partition coefficient (Wildman–Crippen LogP) is 2.50. The first kappa shape index (κ1) is 13.0. The van der Waals surface area contributed by atoms with Crippen LogP contribution in [0.1, 0.15) is 46.0 Å². The van der Waals surface area contributed by atoms with Gasteiger partial charge in [0.05, 0.1) is 0 Å². The summed E-state index contributed by atoms with van der Waals surface area (Å²) in [6.07, 6.45) is 7.28. The van der Waals surface area contributed by atoms with Crippen LogP contribution < -0.4 is 5.32 Å². The molecule has 0 aliphatic heterocycles. The molecule has 0 atom stereocenters. The van der Waals surface area contributed by atoms with Crippen molar-refractivity contribution >= 4 is 0 Å². The Labute approximate surface area is 95.4 Å². The Hall–Kier alpha value is -0.0800. The molecule has 1 aliphatic rings. The van der Waals surface area contributed by atoms with Crippen LogP contribution in [0.4, 0.5) is 0 Å². The molecule has 90 valence electrons. The second-order valence-electron chi connectivity index (χ2n) is 5.28. The monoisotopic (exact) mass is 212 g/mol. The second-order valence-corrected chi connectivity index (χ2v) is 5.28. The summed E-state index contributed by atoms with van der Waals surface area (Å²) in [7, 11) is 2.20. The van der Waals surface area contributed by atoms with Crippen molar-refractivity contribution in [3.05, 3.63) is 0 Å². The van der Waals surface area contributed by atoms with Gasteiger partial charge in [0.15, 0.2) is 0 Å². The van der Waals surface area contributed by atoms with Crippen LogP contribution in [-0.2, 0) is 0 Å². The van der Waals surface area contributed by atoms with Gasteiger partial charge in [0, 0.05) is 19.1 Å². The summed E-state index contributed by atoms with van der Waals surface area (Å²) in [5.41, 5.74) is 0. The third-order valence-electron chi connectivity index (χ3n) is 3.68. The quantitative estimate of drug-likeness (QED) is 0.681. The maximum atomic E-state index is 3.60. The zero-order chi connectivity index (χ0) is 11.1. The summed E-state index contributed by atoms with van der Waals surface area (Å²) < 4.78 is 0. The maximum Gasteiger partial charge on any atom is 0.0106 e. The first-order chi connectivity index (χ1) is 7.20. The lowest BCUT2D eigenvalue weighted by Gasteiger charge is -2.24. The fraction of sp³-hybridized carbons (Fsp3) is 1.00. The molecule has 1 N–H and O–H groups in total. The summed E-state index contributed by atoms with van der Waals surface area (Å²) in [6, 6.07) is 0.668. The fourth-order valence-corrected chi connectivity index (χ4v) is 2.21. The molecule has 0 saturated heterocycles.